The Hall–Kier alpha value is -1.39. The molecular weight excluding hydrogens is 254 g/mol. The molecule has 1 aliphatic carbocycles. The van der Waals surface area contributed by atoms with Crippen LogP contribution in [0.3, 0.4) is 0 Å². The van der Waals surface area contributed by atoms with Gasteiger partial charge in [0.1, 0.15) is 5.01 Å². The zero-order chi connectivity index (χ0) is 13.2. The van der Waals surface area contributed by atoms with E-state index in [0.29, 0.717) is 12.1 Å². The molecule has 0 saturated heterocycles. The van der Waals surface area contributed by atoms with Crippen molar-refractivity contribution >= 4 is 17.0 Å². The van der Waals surface area contributed by atoms with Crippen molar-refractivity contribution in [3.63, 3.8) is 0 Å². The lowest BCUT2D eigenvalue weighted by atomic mass is 10.1. The molecule has 3 nitrogen and oxygen atoms in total. The predicted octanol–water partition coefficient (Wildman–Crippen LogP) is 3.45. The van der Waals surface area contributed by atoms with Crippen LogP contribution in [0.2, 0.25) is 0 Å². The fraction of sp³-hybridized carbons (Fsp3) is 0.400. The predicted molar refractivity (Wildman–Crippen MR) is 80.2 cm³/mol. The summed E-state index contributed by atoms with van der Waals surface area (Å²) in [6.45, 7) is 2.21. The molecule has 0 aliphatic heterocycles. The highest BCUT2D eigenvalue weighted by atomic mass is 32.1. The topological polar surface area (TPSA) is 50.9 Å². The Kier molecular flexibility index (Phi) is 3.53. The Bertz CT molecular complexity index is 551. The van der Waals surface area contributed by atoms with E-state index in [1.165, 1.54) is 16.1 Å². The van der Waals surface area contributed by atoms with Gasteiger partial charge in [-0.25, -0.2) is 4.98 Å². The van der Waals surface area contributed by atoms with Gasteiger partial charge in [-0.1, -0.05) is 13.0 Å². The Labute approximate surface area is 117 Å². The highest BCUT2D eigenvalue weighted by Gasteiger charge is 2.25. The van der Waals surface area contributed by atoms with Crippen LogP contribution in [-0.4, -0.2) is 4.98 Å². The van der Waals surface area contributed by atoms with E-state index in [4.69, 9.17) is 5.73 Å². The number of aryl methyl sites for hydroxylation is 1. The molecule has 2 atom stereocenters. The van der Waals surface area contributed by atoms with Gasteiger partial charge in [0.25, 0.3) is 0 Å². The van der Waals surface area contributed by atoms with E-state index in [0.717, 1.165) is 24.9 Å². The summed E-state index contributed by atoms with van der Waals surface area (Å²) < 4.78 is 0. The van der Waals surface area contributed by atoms with Crippen molar-refractivity contribution in [1.82, 2.24) is 10.3 Å². The minimum atomic E-state index is 0.355. The minimum Gasteiger partial charge on any atom is -0.399 e. The van der Waals surface area contributed by atoms with Gasteiger partial charge in [-0.15, -0.1) is 11.3 Å². The maximum absolute atomic E-state index is 5.85. The number of nitrogens with two attached hydrogens (primary N) is 1. The van der Waals surface area contributed by atoms with Crippen LogP contribution in [0.15, 0.2) is 29.8 Å². The van der Waals surface area contributed by atoms with Crippen LogP contribution in [-0.2, 0) is 6.42 Å². The lowest BCUT2D eigenvalue weighted by Gasteiger charge is -2.21. The first kappa shape index (κ1) is 12.6. The standard InChI is InChI=1S/C15H19N3S/c1-2-13(15-17-7-8-19-15)18-14-6-3-10-9-11(16)4-5-12(10)14/h4-5,7-9,13-14,18H,2-3,6,16H2,1H3. The van der Waals surface area contributed by atoms with E-state index in [1.807, 2.05) is 17.6 Å². The first-order chi connectivity index (χ1) is 9.28. The van der Waals surface area contributed by atoms with Crippen LogP contribution >= 0.6 is 11.3 Å². The van der Waals surface area contributed by atoms with Crippen molar-refractivity contribution in [3.8, 4) is 0 Å². The van der Waals surface area contributed by atoms with Crippen molar-refractivity contribution < 1.29 is 0 Å². The van der Waals surface area contributed by atoms with E-state index in [9.17, 15) is 0 Å². The molecule has 2 aromatic rings. The van der Waals surface area contributed by atoms with Crippen molar-refractivity contribution in [1.29, 1.82) is 0 Å². The van der Waals surface area contributed by atoms with E-state index < -0.39 is 0 Å². The highest BCUT2D eigenvalue weighted by Crippen LogP contribution is 2.34. The number of hydrogen-bond donors (Lipinski definition) is 2. The van der Waals surface area contributed by atoms with Gasteiger partial charge in [-0.2, -0.15) is 0 Å². The first-order valence-electron chi connectivity index (χ1n) is 6.81. The van der Waals surface area contributed by atoms with Crippen LogP contribution in [0.25, 0.3) is 0 Å². The number of hydrogen-bond acceptors (Lipinski definition) is 4. The summed E-state index contributed by atoms with van der Waals surface area (Å²) in [5, 5.41) is 6.98. The normalized spacial score (nSPS) is 19.3. The first-order valence-corrected chi connectivity index (χ1v) is 7.69. The van der Waals surface area contributed by atoms with Gasteiger partial charge in [-0.3, -0.25) is 0 Å². The quantitative estimate of drug-likeness (QED) is 0.839. The molecule has 4 heteroatoms. The Morgan fingerprint density at radius 2 is 2.42 bits per heavy atom. The molecule has 0 saturated carbocycles. The molecule has 100 valence electrons. The molecule has 0 spiro atoms. The Balaban J connectivity index is 1.79. The molecule has 3 rings (SSSR count). The number of benzene rings is 1. The van der Waals surface area contributed by atoms with Gasteiger partial charge in [0.2, 0.25) is 0 Å². The monoisotopic (exact) mass is 273 g/mol. The van der Waals surface area contributed by atoms with Gasteiger partial charge in [0.05, 0.1) is 6.04 Å². The van der Waals surface area contributed by atoms with Gasteiger partial charge in [0, 0.05) is 23.3 Å². The number of fused-ring (bicyclic) bond motifs is 1. The second-order valence-corrected chi connectivity index (χ2v) is 5.97. The van der Waals surface area contributed by atoms with Crippen LogP contribution in [0.4, 0.5) is 5.69 Å². The maximum Gasteiger partial charge on any atom is 0.109 e. The second kappa shape index (κ2) is 5.31. The van der Waals surface area contributed by atoms with Gasteiger partial charge in [-0.05, 0) is 42.5 Å². The van der Waals surface area contributed by atoms with Crippen LogP contribution in [0.1, 0.15) is 48.0 Å². The molecule has 2 unspecified atom stereocenters. The van der Waals surface area contributed by atoms with Crippen LogP contribution in [0.5, 0.6) is 0 Å². The van der Waals surface area contributed by atoms with Crippen molar-refractivity contribution in [2.45, 2.75) is 38.3 Å². The van der Waals surface area contributed by atoms with Crippen molar-refractivity contribution in [2.75, 3.05) is 5.73 Å². The van der Waals surface area contributed by atoms with Gasteiger partial charge >= 0.3 is 0 Å². The lowest BCUT2D eigenvalue weighted by Crippen LogP contribution is -2.24. The number of nitrogens with zero attached hydrogens (tertiary/aromatic N) is 1. The summed E-state index contributed by atoms with van der Waals surface area (Å²) in [6, 6.07) is 7.08. The molecule has 1 aliphatic rings. The lowest BCUT2D eigenvalue weighted by molar-refractivity contribution is 0.432. The third-order valence-corrected chi connectivity index (χ3v) is 4.69. The molecular formula is C15H19N3S. The fourth-order valence-electron chi connectivity index (χ4n) is 2.82. The van der Waals surface area contributed by atoms with E-state index in [1.54, 1.807) is 11.3 Å². The average Bonchev–Trinajstić information content (AvgIpc) is 3.05. The van der Waals surface area contributed by atoms with Gasteiger partial charge < -0.3 is 11.1 Å². The number of rotatable bonds is 4. The van der Waals surface area contributed by atoms with E-state index >= 15 is 0 Å². The maximum atomic E-state index is 5.85. The molecule has 0 fully saturated rings. The van der Waals surface area contributed by atoms with Crippen LogP contribution < -0.4 is 11.1 Å². The molecule has 1 aromatic heterocycles. The summed E-state index contributed by atoms with van der Waals surface area (Å²) in [6.07, 6.45) is 5.22. The number of aromatic nitrogens is 1. The van der Waals surface area contributed by atoms with Crippen LogP contribution in [0, 0.1) is 0 Å². The van der Waals surface area contributed by atoms with Crippen molar-refractivity contribution in [2.24, 2.45) is 0 Å². The Morgan fingerprint density at radius 3 is 3.16 bits per heavy atom. The molecule has 19 heavy (non-hydrogen) atoms. The average molecular weight is 273 g/mol. The van der Waals surface area contributed by atoms with E-state index in [-0.39, 0.29) is 0 Å². The summed E-state index contributed by atoms with van der Waals surface area (Å²) >= 11 is 1.73. The summed E-state index contributed by atoms with van der Waals surface area (Å²) in [7, 11) is 0. The minimum absolute atomic E-state index is 0.355. The molecule has 1 aromatic carbocycles. The molecule has 3 N–H and O–H groups in total. The number of nitrogen functional groups attached to an aromatic ring is 1. The second-order valence-electron chi connectivity index (χ2n) is 5.05. The third kappa shape index (κ3) is 2.51. The largest absolute Gasteiger partial charge is 0.399 e. The smallest absolute Gasteiger partial charge is 0.109 e. The summed E-state index contributed by atoms with van der Waals surface area (Å²) in [4.78, 5) is 4.44. The van der Waals surface area contributed by atoms with Crippen molar-refractivity contribution in [3.05, 3.63) is 45.9 Å². The SMILES string of the molecule is CCC(NC1CCc2cc(N)ccc21)c1nccs1. The molecule has 1 heterocycles. The Morgan fingerprint density at radius 1 is 1.53 bits per heavy atom. The number of anilines is 1. The summed E-state index contributed by atoms with van der Waals surface area (Å²) in [5.74, 6) is 0. The highest BCUT2D eigenvalue weighted by molar-refractivity contribution is 7.09. The molecule has 0 bridgehead atoms. The summed E-state index contributed by atoms with van der Waals surface area (Å²) in [5.41, 5.74) is 9.52. The zero-order valence-corrected chi connectivity index (χ0v) is 11.9. The number of thiazole rings is 1. The number of nitrogens with one attached hydrogen (secondary N) is 1. The molecule has 0 radical (unpaired) electrons. The zero-order valence-electron chi connectivity index (χ0n) is 11.1. The fourth-order valence-corrected chi connectivity index (χ4v) is 3.61. The molecule has 0 amide bonds. The van der Waals surface area contributed by atoms with E-state index in [2.05, 4.69) is 29.4 Å². The third-order valence-electron chi connectivity index (χ3n) is 3.80. The van der Waals surface area contributed by atoms with Gasteiger partial charge in [0.15, 0.2) is 0 Å².